The molecule has 1 atom stereocenters. The van der Waals surface area contributed by atoms with Crippen LogP contribution in [0.2, 0.25) is 5.15 Å². The second-order valence-electron chi connectivity index (χ2n) is 4.55. The average molecular weight is 305 g/mol. The van der Waals surface area contributed by atoms with Crippen LogP contribution >= 0.6 is 11.6 Å². The summed E-state index contributed by atoms with van der Waals surface area (Å²) in [6.45, 7) is 2.01. The van der Waals surface area contributed by atoms with E-state index in [1.54, 1.807) is 25.4 Å². The number of aromatic nitrogens is 1. The molecule has 0 bridgehead atoms. The van der Waals surface area contributed by atoms with Gasteiger partial charge in [0, 0.05) is 6.20 Å². The summed E-state index contributed by atoms with van der Waals surface area (Å²) < 4.78 is 5.14. The van der Waals surface area contributed by atoms with E-state index in [9.17, 15) is 4.79 Å². The fourth-order valence-electron chi connectivity index (χ4n) is 2.05. The predicted molar refractivity (Wildman–Crippen MR) is 82.7 cm³/mol. The highest BCUT2D eigenvalue weighted by Gasteiger charge is 2.16. The molecule has 5 heteroatoms. The van der Waals surface area contributed by atoms with Crippen molar-refractivity contribution in [2.24, 2.45) is 0 Å². The minimum absolute atomic E-state index is 0.0836. The monoisotopic (exact) mass is 304 g/mol. The summed E-state index contributed by atoms with van der Waals surface area (Å²) in [6, 6.07) is 10.9. The van der Waals surface area contributed by atoms with Gasteiger partial charge in [-0.1, -0.05) is 30.7 Å². The molecule has 0 saturated heterocycles. The van der Waals surface area contributed by atoms with Crippen molar-refractivity contribution in [1.29, 1.82) is 0 Å². The normalized spacial score (nSPS) is 11.8. The van der Waals surface area contributed by atoms with E-state index < -0.39 is 0 Å². The molecule has 0 aliphatic carbocycles. The van der Waals surface area contributed by atoms with Gasteiger partial charge in [0.1, 0.15) is 10.9 Å². The van der Waals surface area contributed by atoms with Gasteiger partial charge in [-0.2, -0.15) is 0 Å². The number of ether oxygens (including phenoxy) is 1. The Morgan fingerprint density at radius 2 is 2.05 bits per heavy atom. The number of carbonyl (C=O) groups excluding carboxylic acids is 1. The predicted octanol–water partition coefficient (Wildman–Crippen LogP) is 3.62. The Bertz CT molecular complexity index is 614. The first-order chi connectivity index (χ1) is 10.2. The Kier molecular flexibility index (Phi) is 5.17. The lowest BCUT2D eigenvalue weighted by molar-refractivity contribution is 0.0935. The van der Waals surface area contributed by atoms with Gasteiger partial charge >= 0.3 is 0 Å². The lowest BCUT2D eigenvalue weighted by Gasteiger charge is -2.18. The molecule has 0 fully saturated rings. The third-order valence-electron chi connectivity index (χ3n) is 3.24. The van der Waals surface area contributed by atoms with Crippen molar-refractivity contribution in [3.8, 4) is 5.75 Å². The van der Waals surface area contributed by atoms with E-state index in [1.165, 1.54) is 0 Å². The minimum Gasteiger partial charge on any atom is -0.497 e. The summed E-state index contributed by atoms with van der Waals surface area (Å²) in [7, 11) is 1.62. The number of amides is 1. The van der Waals surface area contributed by atoms with Crippen molar-refractivity contribution >= 4 is 17.5 Å². The highest BCUT2D eigenvalue weighted by molar-refractivity contribution is 6.32. The molecule has 2 rings (SSSR count). The smallest absolute Gasteiger partial charge is 0.254 e. The summed E-state index contributed by atoms with van der Waals surface area (Å²) in [5, 5.41) is 3.18. The Morgan fingerprint density at radius 3 is 2.62 bits per heavy atom. The van der Waals surface area contributed by atoms with E-state index in [4.69, 9.17) is 16.3 Å². The van der Waals surface area contributed by atoms with E-state index in [1.807, 2.05) is 31.2 Å². The van der Waals surface area contributed by atoms with Crippen LogP contribution in [0.4, 0.5) is 0 Å². The van der Waals surface area contributed by atoms with Crippen LogP contribution < -0.4 is 10.1 Å². The Hall–Kier alpha value is -2.07. The zero-order chi connectivity index (χ0) is 15.2. The third-order valence-corrected chi connectivity index (χ3v) is 3.54. The number of rotatable bonds is 5. The first-order valence-corrected chi connectivity index (χ1v) is 7.08. The Morgan fingerprint density at radius 1 is 1.33 bits per heavy atom. The number of methoxy groups -OCH3 is 1. The Labute approximate surface area is 129 Å². The summed E-state index contributed by atoms with van der Waals surface area (Å²) in [5.41, 5.74) is 1.40. The molecule has 0 saturated carbocycles. The van der Waals surface area contributed by atoms with Crippen LogP contribution in [0.5, 0.6) is 5.75 Å². The Balaban J connectivity index is 2.15. The van der Waals surface area contributed by atoms with E-state index in [-0.39, 0.29) is 17.1 Å². The van der Waals surface area contributed by atoms with Crippen LogP contribution in [0.1, 0.15) is 35.3 Å². The largest absolute Gasteiger partial charge is 0.497 e. The molecule has 1 unspecified atom stereocenters. The summed E-state index contributed by atoms with van der Waals surface area (Å²) in [6.07, 6.45) is 2.33. The molecule has 4 nitrogen and oxygen atoms in total. The van der Waals surface area contributed by atoms with Crippen molar-refractivity contribution in [2.45, 2.75) is 19.4 Å². The number of pyridine rings is 1. The zero-order valence-corrected chi connectivity index (χ0v) is 12.7. The summed E-state index contributed by atoms with van der Waals surface area (Å²) in [4.78, 5) is 16.2. The molecular weight excluding hydrogens is 288 g/mol. The molecule has 0 aliphatic heterocycles. The number of halogens is 1. The lowest BCUT2D eigenvalue weighted by atomic mass is 10.0. The molecule has 110 valence electrons. The summed E-state index contributed by atoms with van der Waals surface area (Å²) in [5.74, 6) is 0.561. The van der Waals surface area contributed by atoms with Crippen molar-refractivity contribution in [1.82, 2.24) is 10.3 Å². The number of benzene rings is 1. The first-order valence-electron chi connectivity index (χ1n) is 6.71. The average Bonchev–Trinajstić information content (AvgIpc) is 2.53. The maximum atomic E-state index is 12.3. The van der Waals surface area contributed by atoms with Crippen LogP contribution in [0.3, 0.4) is 0 Å². The molecule has 0 spiro atoms. The van der Waals surface area contributed by atoms with Crippen molar-refractivity contribution in [3.05, 3.63) is 58.9 Å². The highest BCUT2D eigenvalue weighted by atomic mass is 35.5. The highest BCUT2D eigenvalue weighted by Crippen LogP contribution is 2.21. The molecule has 2 aromatic rings. The van der Waals surface area contributed by atoms with Crippen LogP contribution in [0.25, 0.3) is 0 Å². The number of nitrogens with zero attached hydrogens (tertiary/aromatic N) is 1. The standard InChI is InChI=1S/C16H17ClN2O2/c1-3-14(11-6-8-12(21-2)9-7-11)19-16(20)13-5-4-10-18-15(13)17/h4-10,14H,3H2,1-2H3,(H,19,20). The van der Waals surface area contributed by atoms with Crippen LogP contribution in [-0.2, 0) is 0 Å². The molecule has 1 amide bonds. The van der Waals surface area contributed by atoms with Gasteiger partial charge in [0.25, 0.3) is 5.91 Å². The minimum atomic E-state index is -0.226. The number of hydrogen-bond acceptors (Lipinski definition) is 3. The van der Waals surface area contributed by atoms with E-state index >= 15 is 0 Å². The molecule has 1 aromatic carbocycles. The van der Waals surface area contributed by atoms with E-state index in [2.05, 4.69) is 10.3 Å². The zero-order valence-electron chi connectivity index (χ0n) is 12.0. The first kappa shape index (κ1) is 15.3. The van der Waals surface area contributed by atoms with Crippen molar-refractivity contribution in [3.63, 3.8) is 0 Å². The molecule has 21 heavy (non-hydrogen) atoms. The van der Waals surface area contributed by atoms with Gasteiger partial charge in [-0.15, -0.1) is 0 Å². The second-order valence-corrected chi connectivity index (χ2v) is 4.91. The van der Waals surface area contributed by atoms with Crippen LogP contribution in [-0.4, -0.2) is 18.0 Å². The van der Waals surface area contributed by atoms with Gasteiger partial charge < -0.3 is 10.1 Å². The SMILES string of the molecule is CCC(NC(=O)c1cccnc1Cl)c1ccc(OC)cc1. The molecule has 0 aliphatic rings. The second kappa shape index (κ2) is 7.09. The fraction of sp³-hybridized carbons (Fsp3) is 0.250. The maximum absolute atomic E-state index is 12.3. The van der Waals surface area contributed by atoms with Gasteiger partial charge in [0.05, 0.1) is 18.7 Å². The van der Waals surface area contributed by atoms with E-state index in [0.717, 1.165) is 17.7 Å². The molecule has 1 aromatic heterocycles. The quantitative estimate of drug-likeness (QED) is 0.858. The number of carbonyl (C=O) groups is 1. The van der Waals surface area contributed by atoms with Crippen molar-refractivity contribution in [2.75, 3.05) is 7.11 Å². The van der Waals surface area contributed by atoms with Crippen LogP contribution in [0.15, 0.2) is 42.6 Å². The molecule has 0 radical (unpaired) electrons. The molecule has 1 heterocycles. The van der Waals surface area contributed by atoms with Crippen molar-refractivity contribution < 1.29 is 9.53 Å². The topological polar surface area (TPSA) is 51.2 Å². The lowest BCUT2D eigenvalue weighted by Crippen LogP contribution is -2.28. The number of hydrogen-bond donors (Lipinski definition) is 1. The van der Waals surface area contributed by atoms with Gasteiger partial charge in [-0.3, -0.25) is 4.79 Å². The molecule has 1 N–H and O–H groups in total. The van der Waals surface area contributed by atoms with Gasteiger partial charge in [-0.05, 0) is 36.2 Å². The van der Waals surface area contributed by atoms with Gasteiger partial charge in [0.2, 0.25) is 0 Å². The van der Waals surface area contributed by atoms with E-state index in [0.29, 0.717) is 5.56 Å². The third kappa shape index (κ3) is 3.73. The number of nitrogens with one attached hydrogen (secondary N) is 1. The van der Waals surface area contributed by atoms with Gasteiger partial charge in [-0.25, -0.2) is 4.98 Å². The van der Waals surface area contributed by atoms with Gasteiger partial charge in [0.15, 0.2) is 0 Å². The fourth-order valence-corrected chi connectivity index (χ4v) is 2.25. The molecular formula is C16H17ClN2O2. The summed E-state index contributed by atoms with van der Waals surface area (Å²) >= 11 is 5.94. The van der Waals surface area contributed by atoms with Crippen LogP contribution in [0, 0.1) is 0 Å². The maximum Gasteiger partial charge on any atom is 0.254 e.